The average Bonchev–Trinajstić information content (AvgIpc) is 3.35. The number of carboxylic acids is 1. The average molecular weight is 423 g/mol. The number of hydrogen-bond donors (Lipinski definition) is 1. The van der Waals surface area contributed by atoms with E-state index in [1.807, 2.05) is 0 Å². The molecule has 0 spiro atoms. The second-order valence-electron chi connectivity index (χ2n) is 8.76. The van der Waals surface area contributed by atoms with E-state index in [9.17, 15) is 14.3 Å². The maximum atomic E-state index is 13.5. The number of anilines is 1. The van der Waals surface area contributed by atoms with E-state index in [4.69, 9.17) is 5.10 Å². The molecule has 8 heteroatoms. The normalized spacial score (nSPS) is 17.6. The van der Waals surface area contributed by atoms with Gasteiger partial charge in [0.05, 0.1) is 22.5 Å². The Morgan fingerprint density at radius 2 is 1.84 bits per heavy atom. The molecule has 1 aromatic carbocycles. The molecule has 162 valence electrons. The van der Waals surface area contributed by atoms with E-state index in [2.05, 4.69) is 28.6 Å². The quantitative estimate of drug-likeness (QED) is 0.675. The molecular weight excluding hydrogens is 397 g/mol. The third kappa shape index (κ3) is 3.44. The lowest BCUT2D eigenvalue weighted by Crippen LogP contribution is -2.59. The highest BCUT2D eigenvalue weighted by Gasteiger charge is 2.35. The van der Waals surface area contributed by atoms with Crippen molar-refractivity contribution in [3.63, 3.8) is 0 Å². The van der Waals surface area contributed by atoms with Crippen LogP contribution in [0, 0.1) is 5.82 Å². The molecule has 1 N–H and O–H groups in total. The van der Waals surface area contributed by atoms with Crippen LogP contribution in [0.4, 0.5) is 10.1 Å². The zero-order chi connectivity index (χ0) is 21.7. The van der Waals surface area contributed by atoms with E-state index >= 15 is 0 Å². The fourth-order valence-electron chi connectivity index (χ4n) is 4.64. The number of carbonyl (C=O) groups is 1. The molecule has 4 heterocycles. The molecule has 5 rings (SSSR count). The number of likely N-dealkylation sites (tertiary alicyclic amines) is 1. The first kappa shape index (κ1) is 19.9. The predicted octanol–water partition coefficient (Wildman–Crippen LogP) is 3.67. The minimum atomic E-state index is -1.07. The van der Waals surface area contributed by atoms with Gasteiger partial charge in [0.1, 0.15) is 5.82 Å². The summed E-state index contributed by atoms with van der Waals surface area (Å²) in [6.45, 7) is 8.16. The summed E-state index contributed by atoms with van der Waals surface area (Å²) in [5.41, 5.74) is 2.87. The number of nitrogens with zero attached hydrogens (tertiary/aromatic N) is 5. The molecule has 31 heavy (non-hydrogen) atoms. The largest absolute Gasteiger partial charge is 0.477 e. The molecule has 2 aliphatic rings. The molecule has 0 amide bonds. The Bertz CT molecular complexity index is 1130. The molecule has 0 bridgehead atoms. The highest BCUT2D eigenvalue weighted by molar-refractivity contribution is 5.98. The molecule has 7 nitrogen and oxygen atoms in total. The van der Waals surface area contributed by atoms with Crippen LogP contribution >= 0.6 is 0 Å². The predicted molar refractivity (Wildman–Crippen MR) is 117 cm³/mol. The summed E-state index contributed by atoms with van der Waals surface area (Å²) in [5, 5.41) is 15.4. The first-order valence-electron chi connectivity index (χ1n) is 10.8. The number of halogens is 1. The molecule has 2 aromatic heterocycles. The van der Waals surface area contributed by atoms with E-state index in [1.165, 1.54) is 25.0 Å². The van der Waals surface area contributed by atoms with Gasteiger partial charge < -0.3 is 10.0 Å². The standard InChI is InChI=1S/C23H26FN5O2/c1-14(2)21-20-19(28-12-17(13-28)27-9-3-4-10-27)11-18(23(30)31)25-22(20)29(26-21)16-7-5-15(24)6-8-16/h5-8,11,14,17H,3-4,9-10,12-13H2,1-2H3,(H,30,31). The van der Waals surface area contributed by atoms with Crippen LogP contribution < -0.4 is 4.90 Å². The third-order valence-corrected chi connectivity index (χ3v) is 6.34. The van der Waals surface area contributed by atoms with Gasteiger partial charge in [-0.3, -0.25) is 4.90 Å². The number of aromatic carboxylic acids is 1. The summed E-state index contributed by atoms with van der Waals surface area (Å²) in [6, 6.07) is 8.19. The summed E-state index contributed by atoms with van der Waals surface area (Å²) in [5.74, 6) is -1.29. The van der Waals surface area contributed by atoms with E-state index in [0.29, 0.717) is 17.4 Å². The van der Waals surface area contributed by atoms with Crippen LogP contribution in [0.1, 0.15) is 48.8 Å². The SMILES string of the molecule is CC(C)c1nn(-c2ccc(F)cc2)c2nc(C(=O)O)cc(N3CC(N4CCCC4)C3)c12. The number of carboxylic acid groups (broad SMARTS) is 1. The third-order valence-electron chi connectivity index (χ3n) is 6.34. The summed E-state index contributed by atoms with van der Waals surface area (Å²) in [6.07, 6.45) is 2.50. The molecule has 0 unspecified atom stereocenters. The number of benzene rings is 1. The second-order valence-corrected chi connectivity index (χ2v) is 8.76. The molecule has 0 saturated carbocycles. The highest BCUT2D eigenvalue weighted by Crippen LogP contribution is 2.37. The lowest BCUT2D eigenvalue weighted by atomic mass is 10.0. The monoisotopic (exact) mass is 423 g/mol. The zero-order valence-corrected chi connectivity index (χ0v) is 17.8. The van der Waals surface area contributed by atoms with Crippen molar-refractivity contribution >= 4 is 22.7 Å². The van der Waals surface area contributed by atoms with Crippen molar-refractivity contribution < 1.29 is 14.3 Å². The van der Waals surface area contributed by atoms with Crippen molar-refractivity contribution in [2.45, 2.75) is 38.6 Å². The number of hydrogen-bond acceptors (Lipinski definition) is 5. The maximum Gasteiger partial charge on any atom is 0.354 e. The van der Waals surface area contributed by atoms with Crippen LogP contribution in [-0.2, 0) is 0 Å². The van der Waals surface area contributed by atoms with Gasteiger partial charge in [-0.15, -0.1) is 0 Å². The molecule has 2 fully saturated rings. The molecule has 0 atom stereocenters. The van der Waals surface area contributed by atoms with Crippen molar-refractivity contribution in [1.29, 1.82) is 0 Å². The van der Waals surface area contributed by atoms with Gasteiger partial charge in [0.2, 0.25) is 0 Å². The smallest absolute Gasteiger partial charge is 0.354 e. The first-order chi connectivity index (χ1) is 14.9. The van der Waals surface area contributed by atoms with Gasteiger partial charge >= 0.3 is 5.97 Å². The summed E-state index contributed by atoms with van der Waals surface area (Å²) < 4.78 is 15.1. The van der Waals surface area contributed by atoms with Gasteiger partial charge in [0.15, 0.2) is 11.3 Å². The summed E-state index contributed by atoms with van der Waals surface area (Å²) in [4.78, 5) is 21.1. The molecule has 0 aliphatic carbocycles. The van der Waals surface area contributed by atoms with E-state index < -0.39 is 5.97 Å². The number of pyridine rings is 1. The maximum absolute atomic E-state index is 13.5. The van der Waals surface area contributed by atoms with Gasteiger partial charge in [0.25, 0.3) is 0 Å². The number of aromatic nitrogens is 3. The molecule has 0 radical (unpaired) electrons. The minimum absolute atomic E-state index is 0.00862. The van der Waals surface area contributed by atoms with E-state index in [1.54, 1.807) is 22.9 Å². The van der Waals surface area contributed by atoms with Crippen molar-refractivity contribution in [2.75, 3.05) is 31.1 Å². The molecule has 2 aliphatic heterocycles. The van der Waals surface area contributed by atoms with Crippen molar-refractivity contribution in [3.8, 4) is 5.69 Å². The first-order valence-corrected chi connectivity index (χ1v) is 10.8. The Hall–Kier alpha value is -3.00. The number of rotatable bonds is 5. The summed E-state index contributed by atoms with van der Waals surface area (Å²) in [7, 11) is 0. The minimum Gasteiger partial charge on any atom is -0.477 e. The van der Waals surface area contributed by atoms with Crippen LogP contribution in [0.3, 0.4) is 0 Å². The lowest BCUT2D eigenvalue weighted by Gasteiger charge is -2.45. The zero-order valence-electron chi connectivity index (χ0n) is 17.8. The molecular formula is C23H26FN5O2. The van der Waals surface area contributed by atoms with Crippen LogP contribution in [0.25, 0.3) is 16.7 Å². The van der Waals surface area contributed by atoms with Crippen molar-refractivity contribution in [3.05, 3.63) is 47.5 Å². The van der Waals surface area contributed by atoms with Crippen LogP contribution in [-0.4, -0.2) is 63.0 Å². The van der Waals surface area contributed by atoms with Crippen LogP contribution in [0.15, 0.2) is 30.3 Å². The Labute approximate surface area is 180 Å². The van der Waals surface area contributed by atoms with Crippen molar-refractivity contribution in [1.82, 2.24) is 19.7 Å². The Kier molecular flexibility index (Phi) is 4.89. The van der Waals surface area contributed by atoms with E-state index in [-0.39, 0.29) is 17.4 Å². The fraction of sp³-hybridized carbons (Fsp3) is 0.435. The van der Waals surface area contributed by atoms with E-state index in [0.717, 1.165) is 42.9 Å². The second kappa shape index (κ2) is 7.60. The topological polar surface area (TPSA) is 74.5 Å². The lowest BCUT2D eigenvalue weighted by molar-refractivity contribution is 0.0691. The Morgan fingerprint density at radius 3 is 2.45 bits per heavy atom. The Morgan fingerprint density at radius 1 is 1.16 bits per heavy atom. The van der Waals surface area contributed by atoms with Crippen LogP contribution in [0.5, 0.6) is 0 Å². The van der Waals surface area contributed by atoms with Gasteiger partial charge in [-0.25, -0.2) is 18.9 Å². The van der Waals surface area contributed by atoms with Crippen LogP contribution in [0.2, 0.25) is 0 Å². The number of fused-ring (bicyclic) bond motifs is 1. The summed E-state index contributed by atoms with van der Waals surface area (Å²) >= 11 is 0. The van der Waals surface area contributed by atoms with Gasteiger partial charge in [-0.2, -0.15) is 5.10 Å². The van der Waals surface area contributed by atoms with Gasteiger partial charge in [0, 0.05) is 19.1 Å². The molecule has 2 saturated heterocycles. The van der Waals surface area contributed by atoms with Crippen molar-refractivity contribution in [2.24, 2.45) is 0 Å². The van der Waals surface area contributed by atoms with Gasteiger partial charge in [-0.1, -0.05) is 13.8 Å². The Balaban J connectivity index is 1.64. The fourth-order valence-corrected chi connectivity index (χ4v) is 4.64. The highest BCUT2D eigenvalue weighted by atomic mass is 19.1. The molecule has 3 aromatic rings. The van der Waals surface area contributed by atoms with Gasteiger partial charge in [-0.05, 0) is 62.2 Å².